The molecule has 4 nitrogen and oxygen atoms in total. The zero-order valence-corrected chi connectivity index (χ0v) is 10.5. The largest absolute Gasteiger partial charge is 0.328 e. The number of amides is 1. The second-order valence-corrected chi connectivity index (χ2v) is 4.89. The number of hydrogen-bond acceptors (Lipinski definition) is 3. The molecule has 0 radical (unpaired) electrons. The van der Waals surface area contributed by atoms with Gasteiger partial charge in [-0.1, -0.05) is 12.5 Å². The number of anilines is 1. The normalized spacial score (nSPS) is 22.6. The third-order valence-corrected chi connectivity index (χ3v) is 3.47. The van der Waals surface area contributed by atoms with E-state index in [0.29, 0.717) is 6.42 Å². The molecule has 5 heteroatoms. The Bertz CT molecular complexity index is 524. The van der Waals surface area contributed by atoms with Gasteiger partial charge in [-0.2, -0.15) is 5.26 Å². The summed E-state index contributed by atoms with van der Waals surface area (Å²) in [6, 6.07) is 6.01. The molecule has 2 rings (SSSR count). The summed E-state index contributed by atoms with van der Waals surface area (Å²) in [6.07, 6.45) is 3.29. The summed E-state index contributed by atoms with van der Waals surface area (Å²) in [4.78, 5) is 12.1. The van der Waals surface area contributed by atoms with Gasteiger partial charge < -0.3 is 11.1 Å². The van der Waals surface area contributed by atoms with Crippen molar-refractivity contribution in [2.24, 2.45) is 11.7 Å². The Hall–Kier alpha value is -1.93. The zero-order chi connectivity index (χ0) is 13.8. The summed E-state index contributed by atoms with van der Waals surface area (Å²) in [7, 11) is 0. The van der Waals surface area contributed by atoms with Crippen LogP contribution in [0.4, 0.5) is 10.1 Å². The third-order valence-electron chi connectivity index (χ3n) is 3.47. The Labute approximate surface area is 111 Å². The summed E-state index contributed by atoms with van der Waals surface area (Å²) in [5, 5.41) is 11.5. The molecule has 0 spiro atoms. The maximum absolute atomic E-state index is 13.4. The molecular weight excluding hydrogens is 245 g/mol. The molecule has 100 valence electrons. The summed E-state index contributed by atoms with van der Waals surface area (Å²) in [6.45, 7) is 0. The van der Waals surface area contributed by atoms with E-state index in [1.54, 1.807) is 6.07 Å². The molecule has 1 aromatic rings. The van der Waals surface area contributed by atoms with E-state index in [2.05, 4.69) is 5.32 Å². The first-order chi connectivity index (χ1) is 9.11. The lowest BCUT2D eigenvalue weighted by molar-refractivity contribution is -0.120. The van der Waals surface area contributed by atoms with Gasteiger partial charge in [-0.3, -0.25) is 4.79 Å². The van der Waals surface area contributed by atoms with Crippen molar-refractivity contribution >= 4 is 11.6 Å². The fourth-order valence-electron chi connectivity index (χ4n) is 2.44. The van der Waals surface area contributed by atoms with Crippen LogP contribution in [-0.2, 0) is 4.79 Å². The van der Waals surface area contributed by atoms with Gasteiger partial charge in [-0.15, -0.1) is 0 Å². The van der Waals surface area contributed by atoms with Gasteiger partial charge in [-0.05, 0) is 31.4 Å². The molecule has 0 bridgehead atoms. The van der Waals surface area contributed by atoms with Crippen LogP contribution in [0.3, 0.4) is 0 Å². The van der Waals surface area contributed by atoms with Gasteiger partial charge in [0, 0.05) is 12.0 Å². The summed E-state index contributed by atoms with van der Waals surface area (Å²) >= 11 is 0. The predicted molar refractivity (Wildman–Crippen MR) is 69.7 cm³/mol. The van der Waals surface area contributed by atoms with Crippen LogP contribution in [0.15, 0.2) is 18.2 Å². The second-order valence-electron chi connectivity index (χ2n) is 4.89. The molecule has 1 saturated carbocycles. The lowest BCUT2D eigenvalue weighted by Gasteiger charge is -2.25. The van der Waals surface area contributed by atoms with Crippen LogP contribution < -0.4 is 11.1 Å². The number of nitrogens with one attached hydrogen (secondary N) is 1. The number of benzene rings is 1. The van der Waals surface area contributed by atoms with Crippen molar-refractivity contribution in [3.05, 3.63) is 29.6 Å². The van der Waals surface area contributed by atoms with Gasteiger partial charge in [0.1, 0.15) is 17.4 Å². The molecule has 1 aromatic carbocycles. The first kappa shape index (κ1) is 13.5. The quantitative estimate of drug-likeness (QED) is 0.856. The van der Waals surface area contributed by atoms with E-state index in [1.165, 1.54) is 18.2 Å². The zero-order valence-electron chi connectivity index (χ0n) is 10.5. The maximum atomic E-state index is 13.4. The standard InChI is InChI=1S/C14H16FN3O/c15-12-5-2-6-13(11(12)8-16)18-14(19)9-3-1-4-10(17)7-9/h2,5-6,9-10H,1,3-4,7,17H2,(H,18,19). The molecule has 2 atom stereocenters. The number of hydrogen-bond donors (Lipinski definition) is 2. The second kappa shape index (κ2) is 5.81. The van der Waals surface area contributed by atoms with Crippen molar-refractivity contribution in [1.82, 2.24) is 0 Å². The van der Waals surface area contributed by atoms with Crippen molar-refractivity contribution in [3.8, 4) is 6.07 Å². The van der Waals surface area contributed by atoms with Crippen LogP contribution in [0.2, 0.25) is 0 Å². The average molecular weight is 261 g/mol. The number of nitriles is 1. The Morgan fingerprint density at radius 3 is 2.95 bits per heavy atom. The number of rotatable bonds is 2. The molecule has 1 aliphatic rings. The monoisotopic (exact) mass is 261 g/mol. The lowest BCUT2D eigenvalue weighted by atomic mass is 9.85. The fraction of sp³-hybridized carbons (Fsp3) is 0.429. The number of nitrogens with zero attached hydrogens (tertiary/aromatic N) is 1. The highest BCUT2D eigenvalue weighted by atomic mass is 19.1. The van der Waals surface area contributed by atoms with Crippen LogP contribution >= 0.6 is 0 Å². The molecule has 0 saturated heterocycles. The Morgan fingerprint density at radius 2 is 2.26 bits per heavy atom. The highest BCUT2D eigenvalue weighted by Gasteiger charge is 2.26. The van der Waals surface area contributed by atoms with Crippen molar-refractivity contribution in [3.63, 3.8) is 0 Å². The van der Waals surface area contributed by atoms with E-state index in [-0.39, 0.29) is 29.1 Å². The van der Waals surface area contributed by atoms with Crippen molar-refractivity contribution < 1.29 is 9.18 Å². The topological polar surface area (TPSA) is 78.9 Å². The van der Waals surface area contributed by atoms with Crippen LogP contribution in [0.5, 0.6) is 0 Å². The summed E-state index contributed by atoms with van der Waals surface area (Å²) in [5.41, 5.74) is 5.94. The number of carbonyl (C=O) groups excluding carboxylic acids is 1. The smallest absolute Gasteiger partial charge is 0.227 e. The summed E-state index contributed by atoms with van der Waals surface area (Å²) < 4.78 is 13.4. The molecule has 1 amide bonds. The Kier molecular flexibility index (Phi) is 4.13. The minimum Gasteiger partial charge on any atom is -0.328 e. The highest BCUT2D eigenvalue weighted by molar-refractivity contribution is 5.93. The molecule has 1 aliphatic carbocycles. The van der Waals surface area contributed by atoms with E-state index >= 15 is 0 Å². The minimum absolute atomic E-state index is 0.0486. The van der Waals surface area contributed by atoms with Gasteiger partial charge in [0.15, 0.2) is 0 Å². The van der Waals surface area contributed by atoms with E-state index in [0.717, 1.165) is 19.3 Å². The third kappa shape index (κ3) is 3.09. The van der Waals surface area contributed by atoms with Gasteiger partial charge in [0.25, 0.3) is 0 Å². The van der Waals surface area contributed by atoms with Gasteiger partial charge in [0.2, 0.25) is 5.91 Å². The number of nitrogens with two attached hydrogens (primary N) is 1. The number of carbonyl (C=O) groups is 1. The highest BCUT2D eigenvalue weighted by Crippen LogP contribution is 2.25. The van der Waals surface area contributed by atoms with Crippen LogP contribution in [0, 0.1) is 23.1 Å². The SMILES string of the molecule is N#Cc1c(F)cccc1NC(=O)C1CCCC(N)C1. The maximum Gasteiger partial charge on any atom is 0.227 e. The molecule has 2 unspecified atom stereocenters. The van der Waals surface area contributed by atoms with Gasteiger partial charge in [-0.25, -0.2) is 4.39 Å². The van der Waals surface area contributed by atoms with E-state index in [9.17, 15) is 9.18 Å². The molecule has 1 fully saturated rings. The van der Waals surface area contributed by atoms with Gasteiger partial charge in [0.05, 0.1) is 5.69 Å². The summed E-state index contributed by atoms with van der Waals surface area (Å²) in [5.74, 6) is -0.962. The van der Waals surface area contributed by atoms with E-state index in [1.807, 2.05) is 0 Å². The molecule has 0 heterocycles. The Balaban J connectivity index is 2.11. The first-order valence-electron chi connectivity index (χ1n) is 6.37. The molecule has 0 aliphatic heterocycles. The molecule has 19 heavy (non-hydrogen) atoms. The number of halogens is 1. The fourth-order valence-corrected chi connectivity index (χ4v) is 2.44. The Morgan fingerprint density at radius 1 is 1.47 bits per heavy atom. The molecule has 0 aromatic heterocycles. The first-order valence-corrected chi connectivity index (χ1v) is 6.37. The van der Waals surface area contributed by atoms with Crippen LogP contribution in [0.25, 0.3) is 0 Å². The molecular formula is C14H16FN3O. The minimum atomic E-state index is -0.624. The van der Waals surface area contributed by atoms with Crippen molar-refractivity contribution in [2.45, 2.75) is 31.7 Å². The predicted octanol–water partition coefficient (Wildman–Crippen LogP) is 2.15. The van der Waals surface area contributed by atoms with Crippen molar-refractivity contribution in [2.75, 3.05) is 5.32 Å². The van der Waals surface area contributed by atoms with Crippen LogP contribution in [-0.4, -0.2) is 11.9 Å². The molecule has 3 N–H and O–H groups in total. The average Bonchev–Trinajstić information content (AvgIpc) is 2.39. The van der Waals surface area contributed by atoms with Gasteiger partial charge >= 0.3 is 0 Å². The van der Waals surface area contributed by atoms with E-state index in [4.69, 9.17) is 11.0 Å². The van der Waals surface area contributed by atoms with E-state index < -0.39 is 5.82 Å². The van der Waals surface area contributed by atoms with Crippen molar-refractivity contribution in [1.29, 1.82) is 5.26 Å². The van der Waals surface area contributed by atoms with Crippen LogP contribution in [0.1, 0.15) is 31.2 Å². The lowest BCUT2D eigenvalue weighted by Crippen LogP contribution is -2.34.